The summed E-state index contributed by atoms with van der Waals surface area (Å²) in [6.07, 6.45) is 4.74. The maximum absolute atomic E-state index is 14.7. The van der Waals surface area contributed by atoms with Gasteiger partial charge in [0.05, 0.1) is 16.5 Å². The Morgan fingerprint density at radius 3 is 2.32 bits per heavy atom. The maximum Gasteiger partial charge on any atom is 0.309 e. The summed E-state index contributed by atoms with van der Waals surface area (Å²) in [4.78, 5) is 24.7. The highest BCUT2D eigenvalue weighted by Crippen LogP contribution is 2.64. The van der Waals surface area contributed by atoms with E-state index in [2.05, 4.69) is 41.7 Å². The zero-order chi connectivity index (χ0) is 25.8. The third-order valence-electron chi connectivity index (χ3n) is 8.27. The van der Waals surface area contributed by atoms with E-state index in [1.165, 1.54) is 6.07 Å². The molecule has 1 aromatic heterocycles. The Kier molecular flexibility index (Phi) is 5.44. The Labute approximate surface area is 214 Å². The van der Waals surface area contributed by atoms with E-state index in [4.69, 9.17) is 0 Å². The summed E-state index contributed by atoms with van der Waals surface area (Å²) in [6.45, 7) is 2.31. The van der Waals surface area contributed by atoms with Crippen molar-refractivity contribution < 1.29 is 19.1 Å². The molecule has 0 aliphatic heterocycles. The van der Waals surface area contributed by atoms with Crippen molar-refractivity contribution >= 4 is 22.8 Å². The third-order valence-corrected chi connectivity index (χ3v) is 8.27. The second kappa shape index (κ2) is 8.58. The van der Waals surface area contributed by atoms with Crippen molar-refractivity contribution in [2.45, 2.75) is 45.2 Å². The number of carbonyl (C=O) groups excluding carboxylic acids is 1. The second-order valence-electron chi connectivity index (χ2n) is 11.2. The Morgan fingerprint density at radius 2 is 1.65 bits per heavy atom. The normalized spacial score (nSPS) is 24.4. The molecule has 2 fully saturated rings. The summed E-state index contributed by atoms with van der Waals surface area (Å²) in [5.41, 5.74) is 3.76. The van der Waals surface area contributed by atoms with E-state index in [-0.39, 0.29) is 23.2 Å². The van der Waals surface area contributed by atoms with Crippen molar-refractivity contribution in [2.75, 3.05) is 0 Å². The number of halogens is 1. The van der Waals surface area contributed by atoms with Crippen LogP contribution in [-0.4, -0.2) is 27.6 Å². The van der Waals surface area contributed by atoms with Gasteiger partial charge in [0, 0.05) is 24.2 Å². The zero-order valence-electron chi connectivity index (χ0n) is 20.7. The minimum atomic E-state index is -0.741. The Morgan fingerprint density at radius 1 is 0.973 bits per heavy atom. The first kappa shape index (κ1) is 23.5. The van der Waals surface area contributed by atoms with E-state index in [1.807, 2.05) is 29.0 Å². The van der Waals surface area contributed by atoms with Crippen molar-refractivity contribution in [1.82, 2.24) is 9.88 Å². The van der Waals surface area contributed by atoms with E-state index in [9.17, 15) is 19.1 Å². The maximum atomic E-state index is 14.7. The van der Waals surface area contributed by atoms with Crippen LogP contribution in [0.5, 0.6) is 0 Å². The number of nitrogens with zero attached hydrogens (tertiary/aromatic N) is 1. The molecule has 3 aromatic carbocycles. The van der Waals surface area contributed by atoms with Gasteiger partial charge in [0.1, 0.15) is 5.82 Å². The molecule has 2 N–H and O–H groups in total. The first-order valence-corrected chi connectivity index (χ1v) is 12.7. The number of carboxylic acid groups (broad SMARTS) is 1. The number of hydrogen-bond acceptors (Lipinski definition) is 2. The lowest BCUT2D eigenvalue weighted by molar-refractivity contribution is -0.173. The van der Waals surface area contributed by atoms with E-state index in [1.54, 1.807) is 19.1 Å². The van der Waals surface area contributed by atoms with Crippen LogP contribution < -0.4 is 5.32 Å². The first-order chi connectivity index (χ1) is 17.8. The Balaban J connectivity index is 1.19. The summed E-state index contributed by atoms with van der Waals surface area (Å²) >= 11 is 0. The van der Waals surface area contributed by atoms with Gasteiger partial charge in [-0.1, -0.05) is 54.6 Å². The Hall–Kier alpha value is -3.93. The monoisotopic (exact) mass is 496 g/mol. The molecule has 0 saturated heterocycles. The number of hydrogen-bond donors (Lipinski definition) is 2. The van der Waals surface area contributed by atoms with Gasteiger partial charge in [-0.2, -0.15) is 0 Å². The molecule has 2 saturated carbocycles. The van der Waals surface area contributed by atoms with Gasteiger partial charge in [0.25, 0.3) is 5.91 Å². The highest BCUT2D eigenvalue weighted by molar-refractivity contribution is 6.06. The number of aromatic nitrogens is 1. The van der Waals surface area contributed by atoms with Crippen LogP contribution in [0.1, 0.15) is 48.5 Å². The van der Waals surface area contributed by atoms with Gasteiger partial charge in [-0.15, -0.1) is 0 Å². The van der Waals surface area contributed by atoms with Gasteiger partial charge in [0.2, 0.25) is 0 Å². The summed E-state index contributed by atoms with van der Waals surface area (Å²) in [7, 11) is 0. The minimum Gasteiger partial charge on any atom is -0.481 e. The van der Waals surface area contributed by atoms with Gasteiger partial charge < -0.3 is 15.0 Å². The molecule has 6 heteroatoms. The SMILES string of the molecule is CC1(C(=O)O)CC2(CC(NC(=O)c3ccc(F)c4ccn(Cc5ccc(-c6ccccc6)cc5)c34)C2)C1. The van der Waals surface area contributed by atoms with Gasteiger partial charge in [0.15, 0.2) is 0 Å². The number of amides is 1. The standard InChI is InChI=1S/C31H29FN2O3/c1-30(29(36)37)18-31(19-30)15-23(16-31)33-28(35)25-11-12-26(32)24-13-14-34(27(24)25)17-20-7-9-22(10-8-20)21-5-3-2-4-6-21/h2-14,23H,15-19H2,1H3,(H,33,35)(H,36,37). The van der Waals surface area contributed by atoms with Crippen molar-refractivity contribution in [2.24, 2.45) is 10.8 Å². The summed E-state index contributed by atoms with van der Waals surface area (Å²) in [6, 6.07) is 23.1. The number of benzene rings is 3. The van der Waals surface area contributed by atoms with Crippen LogP contribution in [0.4, 0.5) is 4.39 Å². The molecule has 1 heterocycles. The predicted octanol–water partition coefficient (Wildman–Crippen LogP) is 6.26. The molecule has 1 amide bonds. The molecular formula is C31H29FN2O3. The second-order valence-corrected chi connectivity index (χ2v) is 11.2. The van der Waals surface area contributed by atoms with Gasteiger partial charge >= 0.3 is 5.97 Å². The van der Waals surface area contributed by atoms with E-state index >= 15 is 0 Å². The molecule has 0 radical (unpaired) electrons. The largest absolute Gasteiger partial charge is 0.481 e. The van der Waals surface area contributed by atoms with E-state index in [0.29, 0.717) is 35.9 Å². The van der Waals surface area contributed by atoms with Gasteiger partial charge in [-0.3, -0.25) is 9.59 Å². The number of carboxylic acids is 1. The number of carbonyl (C=O) groups is 2. The summed E-state index contributed by atoms with van der Waals surface area (Å²) in [5.74, 6) is -1.31. The van der Waals surface area contributed by atoms with E-state index < -0.39 is 11.4 Å². The zero-order valence-corrected chi connectivity index (χ0v) is 20.7. The molecule has 0 unspecified atom stereocenters. The molecule has 4 aromatic rings. The first-order valence-electron chi connectivity index (χ1n) is 12.7. The molecule has 5 nitrogen and oxygen atoms in total. The van der Waals surface area contributed by atoms with Crippen molar-refractivity contribution in [3.63, 3.8) is 0 Å². The van der Waals surface area contributed by atoms with E-state index in [0.717, 1.165) is 29.5 Å². The highest BCUT2D eigenvalue weighted by atomic mass is 19.1. The predicted molar refractivity (Wildman–Crippen MR) is 141 cm³/mol. The molecule has 0 atom stereocenters. The minimum absolute atomic E-state index is 0.0138. The lowest BCUT2D eigenvalue weighted by Gasteiger charge is -2.60. The third kappa shape index (κ3) is 4.10. The van der Waals surface area contributed by atoms with Crippen molar-refractivity contribution in [3.05, 3.63) is 95.9 Å². The molecule has 37 heavy (non-hydrogen) atoms. The van der Waals surface area contributed by atoms with Crippen LogP contribution in [0, 0.1) is 16.6 Å². The average Bonchev–Trinajstić information content (AvgIpc) is 3.27. The Bertz CT molecular complexity index is 1490. The van der Waals surface area contributed by atoms with Crippen LogP contribution in [0.3, 0.4) is 0 Å². The fourth-order valence-electron chi connectivity index (χ4n) is 6.63. The van der Waals surface area contributed by atoms with Crippen LogP contribution in [0.2, 0.25) is 0 Å². The fourth-order valence-corrected chi connectivity index (χ4v) is 6.63. The number of nitrogens with one attached hydrogen (secondary N) is 1. The molecule has 0 bridgehead atoms. The quantitative estimate of drug-likeness (QED) is 0.331. The topological polar surface area (TPSA) is 71.3 Å². The highest BCUT2D eigenvalue weighted by Gasteiger charge is 2.61. The van der Waals surface area contributed by atoms with Crippen LogP contribution in [0.15, 0.2) is 79.0 Å². The molecule has 6 rings (SSSR count). The number of aliphatic carboxylic acids is 1. The molecular weight excluding hydrogens is 467 g/mol. The number of rotatable bonds is 6. The lowest BCUT2D eigenvalue weighted by atomic mass is 9.44. The molecule has 2 aliphatic rings. The molecule has 188 valence electrons. The van der Waals surface area contributed by atoms with Crippen LogP contribution >= 0.6 is 0 Å². The smallest absolute Gasteiger partial charge is 0.309 e. The van der Waals surface area contributed by atoms with Gasteiger partial charge in [-0.25, -0.2) is 4.39 Å². The summed E-state index contributed by atoms with van der Waals surface area (Å²) in [5, 5.41) is 12.9. The fraction of sp³-hybridized carbons (Fsp3) is 0.290. The van der Waals surface area contributed by atoms with Crippen molar-refractivity contribution in [3.8, 4) is 11.1 Å². The van der Waals surface area contributed by atoms with Crippen LogP contribution in [0.25, 0.3) is 22.0 Å². The summed E-state index contributed by atoms with van der Waals surface area (Å²) < 4.78 is 16.6. The van der Waals surface area contributed by atoms with Crippen LogP contribution in [-0.2, 0) is 11.3 Å². The average molecular weight is 497 g/mol. The van der Waals surface area contributed by atoms with Crippen molar-refractivity contribution in [1.29, 1.82) is 0 Å². The molecule has 2 aliphatic carbocycles. The molecule has 1 spiro atoms. The lowest BCUT2D eigenvalue weighted by Crippen LogP contribution is -2.61. The number of fused-ring (bicyclic) bond motifs is 1. The van der Waals surface area contributed by atoms with Gasteiger partial charge in [-0.05, 0) is 72.9 Å².